The fraction of sp³-hybridized carbons (Fsp3) is 0.667. The van der Waals surface area contributed by atoms with Crippen LogP contribution >= 0.6 is 46.7 Å². The van der Waals surface area contributed by atoms with Crippen molar-refractivity contribution < 1.29 is 14.3 Å². The minimum Gasteiger partial charge on any atom is -0.423 e. The van der Waals surface area contributed by atoms with E-state index in [2.05, 4.69) is 19.2 Å². The van der Waals surface area contributed by atoms with Crippen LogP contribution in [0.25, 0.3) is 0 Å². The molecule has 1 aromatic carbocycles. The Morgan fingerprint density at radius 3 is 2.19 bits per heavy atom. The van der Waals surface area contributed by atoms with Crippen LogP contribution in [0, 0.1) is 11.3 Å². The van der Waals surface area contributed by atoms with E-state index in [1.54, 1.807) is 6.07 Å². The average molecular weight is 521 g/mol. The summed E-state index contributed by atoms with van der Waals surface area (Å²) in [5, 5.41) is 3.63. The number of ether oxygens (including phenoxy) is 1. The zero-order valence-corrected chi connectivity index (χ0v) is 22.8. The maximum absolute atomic E-state index is 13.7. The Kier molecular flexibility index (Phi) is 10.6. The predicted octanol–water partition coefficient (Wildman–Crippen LogP) is 8.06. The van der Waals surface area contributed by atoms with Gasteiger partial charge in [0.25, 0.3) is 0 Å². The number of rotatable bonds is 9. The first-order chi connectivity index (χ1) is 15.1. The summed E-state index contributed by atoms with van der Waals surface area (Å²) in [6.07, 6.45) is 11.7. The number of carbonyl (C=O) groups is 2. The number of benzene rings is 1. The first-order valence-corrected chi connectivity index (χ1v) is 14.4. The van der Waals surface area contributed by atoms with Gasteiger partial charge < -0.3 is 10.1 Å². The van der Waals surface area contributed by atoms with E-state index in [1.165, 1.54) is 29.6 Å². The molecule has 1 aliphatic rings. The summed E-state index contributed by atoms with van der Waals surface area (Å²) < 4.78 is 4.96. The highest BCUT2D eigenvalue weighted by molar-refractivity contribution is 8.18. The van der Waals surface area contributed by atoms with Crippen LogP contribution in [-0.2, 0) is 9.59 Å². The Bertz CT molecular complexity index is 805. The van der Waals surface area contributed by atoms with E-state index in [9.17, 15) is 9.59 Å². The Morgan fingerprint density at radius 1 is 1.09 bits per heavy atom. The summed E-state index contributed by atoms with van der Waals surface area (Å²) in [5.74, 6) is 0.323. The van der Waals surface area contributed by atoms with Crippen molar-refractivity contribution in [3.63, 3.8) is 0 Å². The Morgan fingerprint density at radius 2 is 1.66 bits per heavy atom. The van der Waals surface area contributed by atoms with Gasteiger partial charge in [0.05, 0.1) is 15.7 Å². The van der Waals surface area contributed by atoms with Crippen LogP contribution in [0.1, 0.15) is 72.1 Å². The van der Waals surface area contributed by atoms with Crippen LogP contribution in [0.4, 0.5) is 5.69 Å². The molecule has 8 heteroatoms. The third-order valence-corrected chi connectivity index (χ3v) is 9.98. The number of nitrogens with one attached hydrogen (secondary N) is 1. The van der Waals surface area contributed by atoms with Crippen LogP contribution in [-0.4, -0.2) is 28.5 Å². The molecular formula is C24H35Cl2NO3S2. The van der Waals surface area contributed by atoms with Gasteiger partial charge in [0, 0.05) is 11.5 Å². The van der Waals surface area contributed by atoms with Gasteiger partial charge in [0.1, 0.15) is 0 Å². The highest BCUT2D eigenvalue weighted by atomic mass is 35.5. The molecule has 1 aliphatic carbocycles. The van der Waals surface area contributed by atoms with Crippen molar-refractivity contribution in [1.82, 2.24) is 0 Å². The van der Waals surface area contributed by atoms with Crippen molar-refractivity contribution >= 4 is 64.3 Å². The zero-order chi connectivity index (χ0) is 23.9. The van der Waals surface area contributed by atoms with E-state index in [-0.39, 0.29) is 16.7 Å². The Hall–Kier alpha value is -0.560. The second-order valence-corrected chi connectivity index (χ2v) is 12.6. The van der Waals surface area contributed by atoms with Gasteiger partial charge in [-0.3, -0.25) is 4.79 Å². The maximum atomic E-state index is 13.7. The average Bonchev–Trinajstić information content (AvgIpc) is 3.01. The molecule has 0 bridgehead atoms. The van der Waals surface area contributed by atoms with Crippen molar-refractivity contribution in [3.8, 4) is 5.75 Å². The molecule has 0 radical (unpaired) electrons. The normalized spacial score (nSPS) is 16.5. The van der Waals surface area contributed by atoms with Crippen molar-refractivity contribution in [2.45, 2.75) is 76.2 Å². The molecule has 32 heavy (non-hydrogen) atoms. The van der Waals surface area contributed by atoms with Crippen molar-refractivity contribution in [1.29, 1.82) is 0 Å². The van der Waals surface area contributed by atoms with Crippen molar-refractivity contribution in [3.05, 3.63) is 22.2 Å². The fourth-order valence-corrected chi connectivity index (χ4v) is 5.37. The predicted molar refractivity (Wildman–Crippen MR) is 140 cm³/mol. The van der Waals surface area contributed by atoms with Gasteiger partial charge in [-0.05, 0) is 57.1 Å². The molecule has 0 heterocycles. The molecule has 2 rings (SSSR count). The lowest BCUT2D eigenvalue weighted by molar-refractivity contribution is -0.134. The number of amides is 1. The third-order valence-electron chi connectivity index (χ3n) is 6.37. The number of hydrogen-bond acceptors (Lipinski definition) is 5. The van der Waals surface area contributed by atoms with Crippen LogP contribution in [0.5, 0.6) is 5.75 Å². The number of carbonyl (C=O) groups excluding carboxylic acids is 2. The van der Waals surface area contributed by atoms with E-state index in [0.717, 1.165) is 51.4 Å². The molecule has 180 valence electrons. The first-order valence-electron chi connectivity index (χ1n) is 11.2. The molecule has 0 aromatic heterocycles. The van der Waals surface area contributed by atoms with Crippen LogP contribution in [0.3, 0.4) is 0 Å². The molecule has 1 saturated carbocycles. The number of esters is 1. The number of anilines is 1. The topological polar surface area (TPSA) is 55.4 Å². The third kappa shape index (κ3) is 6.97. The van der Waals surface area contributed by atoms with Crippen LogP contribution in [0.15, 0.2) is 12.1 Å². The lowest BCUT2D eigenvalue weighted by Crippen LogP contribution is -2.37. The molecule has 0 unspecified atom stereocenters. The highest BCUT2D eigenvalue weighted by Crippen LogP contribution is 2.43. The summed E-state index contributed by atoms with van der Waals surface area (Å²) in [5.41, 5.74) is -0.0308. The highest BCUT2D eigenvalue weighted by Gasteiger charge is 2.39. The number of hydrogen-bond donors (Lipinski definition) is 1. The molecule has 0 saturated heterocycles. The molecule has 4 nitrogen and oxygen atoms in total. The van der Waals surface area contributed by atoms with Gasteiger partial charge in [0.15, 0.2) is 9.83 Å². The van der Waals surface area contributed by atoms with Crippen molar-refractivity contribution in [2.24, 2.45) is 11.3 Å². The number of halogens is 2. The molecule has 1 N–H and O–H groups in total. The van der Waals surface area contributed by atoms with E-state index >= 15 is 0 Å². The lowest BCUT2D eigenvalue weighted by Gasteiger charge is -2.32. The summed E-state index contributed by atoms with van der Waals surface area (Å²) >= 11 is 15.3. The standard InChI is InChI=1S/C24H35Cl2NO3S2/c1-16(2)10-13-24(11-8-6-7-9-12-24)21(28)27-19-14-17(25)18(26)15-20(19)30-22(29)23(3,31-4)32-5/h14-16H,6-13H2,1-5H3,(H,27,28). The molecule has 1 fully saturated rings. The molecule has 0 atom stereocenters. The summed E-state index contributed by atoms with van der Waals surface area (Å²) in [4.78, 5) is 26.5. The van der Waals surface area contributed by atoms with Gasteiger partial charge in [-0.2, -0.15) is 0 Å². The maximum Gasteiger partial charge on any atom is 0.337 e. The fourth-order valence-electron chi connectivity index (χ4n) is 3.97. The molecule has 1 aromatic rings. The molecule has 0 spiro atoms. The lowest BCUT2D eigenvalue weighted by atomic mass is 9.74. The largest absolute Gasteiger partial charge is 0.423 e. The minimum absolute atomic E-state index is 0.0202. The van der Waals surface area contributed by atoms with Crippen molar-refractivity contribution in [2.75, 3.05) is 17.8 Å². The Labute approximate surface area is 211 Å². The quantitative estimate of drug-likeness (QED) is 0.154. The molecule has 0 aliphatic heterocycles. The van der Waals surface area contributed by atoms with Gasteiger partial charge >= 0.3 is 5.97 Å². The monoisotopic (exact) mass is 519 g/mol. The summed E-state index contributed by atoms with van der Waals surface area (Å²) in [6, 6.07) is 3.08. The molecular weight excluding hydrogens is 485 g/mol. The van der Waals surface area contributed by atoms with Gasteiger partial charge in [0.2, 0.25) is 5.91 Å². The van der Waals surface area contributed by atoms with E-state index in [1.807, 2.05) is 19.4 Å². The summed E-state index contributed by atoms with van der Waals surface area (Å²) in [7, 11) is 0. The minimum atomic E-state index is -0.771. The second-order valence-electron chi connectivity index (χ2n) is 9.09. The summed E-state index contributed by atoms with van der Waals surface area (Å²) in [6.45, 7) is 6.19. The van der Waals surface area contributed by atoms with Gasteiger partial charge in [-0.15, -0.1) is 23.5 Å². The van der Waals surface area contributed by atoms with Crippen LogP contribution < -0.4 is 10.1 Å². The van der Waals surface area contributed by atoms with Gasteiger partial charge in [-0.25, -0.2) is 4.79 Å². The second kappa shape index (κ2) is 12.2. The van der Waals surface area contributed by atoms with Gasteiger partial charge in [-0.1, -0.05) is 62.7 Å². The van der Waals surface area contributed by atoms with E-state index in [4.69, 9.17) is 27.9 Å². The SMILES string of the molecule is CSC(C)(SC)C(=O)Oc1cc(Cl)c(Cl)cc1NC(=O)C1(CCC(C)C)CCCCCC1. The van der Waals surface area contributed by atoms with E-state index in [0.29, 0.717) is 16.6 Å². The van der Waals surface area contributed by atoms with Crippen LogP contribution in [0.2, 0.25) is 10.0 Å². The zero-order valence-electron chi connectivity index (χ0n) is 19.7. The Balaban J connectivity index is 2.35. The smallest absolute Gasteiger partial charge is 0.337 e. The number of thioether (sulfide) groups is 2. The first kappa shape index (κ1) is 27.7. The molecule has 1 amide bonds. The van der Waals surface area contributed by atoms with E-state index < -0.39 is 15.5 Å².